The first-order chi connectivity index (χ1) is 9.78. The summed E-state index contributed by atoms with van der Waals surface area (Å²) in [7, 11) is 1.65. The van der Waals surface area contributed by atoms with Crippen LogP contribution in [0.5, 0.6) is 11.5 Å². The summed E-state index contributed by atoms with van der Waals surface area (Å²) >= 11 is 0. The Hall–Kier alpha value is -2.20. The van der Waals surface area contributed by atoms with Crippen molar-refractivity contribution in [2.75, 3.05) is 26.0 Å². The molecule has 4 nitrogen and oxygen atoms in total. The van der Waals surface area contributed by atoms with E-state index in [-0.39, 0.29) is 0 Å². The van der Waals surface area contributed by atoms with Gasteiger partial charge in [-0.05, 0) is 42.0 Å². The first kappa shape index (κ1) is 14.2. The fourth-order valence-corrected chi connectivity index (χ4v) is 1.85. The summed E-state index contributed by atoms with van der Waals surface area (Å²) in [5, 5.41) is 3.32. The van der Waals surface area contributed by atoms with E-state index in [2.05, 4.69) is 5.32 Å². The maximum atomic E-state index is 5.73. The Balaban J connectivity index is 1.66. The maximum absolute atomic E-state index is 5.73. The molecule has 0 aliphatic rings. The van der Waals surface area contributed by atoms with E-state index in [1.807, 2.05) is 48.5 Å². The first-order valence-corrected chi connectivity index (χ1v) is 6.60. The molecule has 0 aliphatic carbocycles. The van der Waals surface area contributed by atoms with Gasteiger partial charge in [-0.15, -0.1) is 0 Å². The van der Waals surface area contributed by atoms with Gasteiger partial charge in [0, 0.05) is 18.8 Å². The lowest BCUT2D eigenvalue weighted by molar-refractivity contribution is 0.313. The van der Waals surface area contributed by atoms with Crippen molar-refractivity contribution in [1.29, 1.82) is 0 Å². The Kier molecular flexibility index (Phi) is 5.26. The number of nitrogens with two attached hydrogens (primary N) is 1. The zero-order valence-electron chi connectivity index (χ0n) is 11.6. The number of anilines is 1. The van der Waals surface area contributed by atoms with Crippen LogP contribution in [0.15, 0.2) is 48.5 Å². The van der Waals surface area contributed by atoms with E-state index in [1.165, 1.54) is 5.56 Å². The van der Waals surface area contributed by atoms with Gasteiger partial charge in [0.25, 0.3) is 0 Å². The molecule has 0 heterocycles. The van der Waals surface area contributed by atoms with Crippen molar-refractivity contribution >= 4 is 5.69 Å². The van der Waals surface area contributed by atoms with Crippen LogP contribution in [0.2, 0.25) is 0 Å². The number of hydrogen-bond acceptors (Lipinski definition) is 4. The fraction of sp³-hybridized carbons (Fsp3) is 0.250. The van der Waals surface area contributed by atoms with Crippen molar-refractivity contribution < 1.29 is 9.47 Å². The number of benzene rings is 2. The van der Waals surface area contributed by atoms with Crippen LogP contribution in [-0.2, 0) is 6.54 Å². The second-order valence-corrected chi connectivity index (χ2v) is 4.45. The van der Waals surface area contributed by atoms with Crippen molar-refractivity contribution in [3.05, 3.63) is 54.1 Å². The number of hydrogen-bond donors (Lipinski definition) is 2. The topological polar surface area (TPSA) is 56.5 Å². The van der Waals surface area contributed by atoms with Gasteiger partial charge in [0.1, 0.15) is 18.1 Å². The molecule has 0 aromatic heterocycles. The van der Waals surface area contributed by atoms with Crippen LogP contribution in [-0.4, -0.2) is 20.3 Å². The van der Waals surface area contributed by atoms with Gasteiger partial charge in [-0.2, -0.15) is 0 Å². The summed E-state index contributed by atoms with van der Waals surface area (Å²) in [4.78, 5) is 0. The second kappa shape index (κ2) is 7.40. The SMILES string of the molecule is COc1ccc(OCCNCc2cccc(N)c2)cc1. The average Bonchev–Trinajstić information content (AvgIpc) is 2.48. The van der Waals surface area contributed by atoms with Crippen molar-refractivity contribution in [3.63, 3.8) is 0 Å². The minimum Gasteiger partial charge on any atom is -0.497 e. The maximum Gasteiger partial charge on any atom is 0.119 e. The van der Waals surface area contributed by atoms with E-state index in [0.717, 1.165) is 30.3 Å². The third-order valence-electron chi connectivity index (χ3n) is 2.89. The van der Waals surface area contributed by atoms with E-state index < -0.39 is 0 Å². The monoisotopic (exact) mass is 272 g/mol. The molecule has 0 aliphatic heterocycles. The van der Waals surface area contributed by atoms with Gasteiger partial charge in [-0.25, -0.2) is 0 Å². The van der Waals surface area contributed by atoms with Crippen molar-refractivity contribution in [2.24, 2.45) is 0 Å². The van der Waals surface area contributed by atoms with Gasteiger partial charge in [-0.3, -0.25) is 0 Å². The lowest BCUT2D eigenvalue weighted by Crippen LogP contribution is -2.20. The average molecular weight is 272 g/mol. The molecule has 106 valence electrons. The van der Waals surface area contributed by atoms with Crippen LogP contribution in [0.4, 0.5) is 5.69 Å². The zero-order chi connectivity index (χ0) is 14.2. The number of nitrogen functional groups attached to an aromatic ring is 1. The summed E-state index contributed by atoms with van der Waals surface area (Å²) in [6.07, 6.45) is 0. The molecule has 0 bridgehead atoms. The van der Waals surface area contributed by atoms with Crippen molar-refractivity contribution in [3.8, 4) is 11.5 Å². The van der Waals surface area contributed by atoms with Crippen LogP contribution in [0.1, 0.15) is 5.56 Å². The third-order valence-corrected chi connectivity index (χ3v) is 2.89. The van der Waals surface area contributed by atoms with Crippen LogP contribution in [0.25, 0.3) is 0 Å². The highest BCUT2D eigenvalue weighted by Crippen LogP contribution is 2.16. The van der Waals surface area contributed by atoms with Gasteiger partial charge < -0.3 is 20.5 Å². The molecule has 0 saturated heterocycles. The Labute approximate surface area is 119 Å². The molecule has 0 radical (unpaired) electrons. The smallest absolute Gasteiger partial charge is 0.119 e. The second-order valence-electron chi connectivity index (χ2n) is 4.45. The van der Waals surface area contributed by atoms with Gasteiger partial charge in [-0.1, -0.05) is 12.1 Å². The molecule has 4 heteroatoms. The van der Waals surface area contributed by atoms with E-state index >= 15 is 0 Å². The van der Waals surface area contributed by atoms with Gasteiger partial charge >= 0.3 is 0 Å². The van der Waals surface area contributed by atoms with Crippen molar-refractivity contribution in [2.45, 2.75) is 6.54 Å². The largest absolute Gasteiger partial charge is 0.497 e. The van der Waals surface area contributed by atoms with E-state index in [9.17, 15) is 0 Å². The molecule has 0 unspecified atom stereocenters. The standard InChI is InChI=1S/C16H20N2O2/c1-19-15-5-7-16(8-6-15)20-10-9-18-12-13-3-2-4-14(17)11-13/h2-8,11,18H,9-10,12,17H2,1H3. The van der Waals surface area contributed by atoms with Crippen LogP contribution >= 0.6 is 0 Å². The lowest BCUT2D eigenvalue weighted by Gasteiger charge is -2.08. The minimum absolute atomic E-state index is 0.620. The summed E-state index contributed by atoms with van der Waals surface area (Å²) in [5.74, 6) is 1.67. The number of methoxy groups -OCH3 is 1. The number of ether oxygens (including phenoxy) is 2. The molecular formula is C16H20N2O2. The molecule has 0 saturated carbocycles. The fourth-order valence-electron chi connectivity index (χ4n) is 1.85. The summed E-state index contributed by atoms with van der Waals surface area (Å²) in [6.45, 7) is 2.19. The van der Waals surface area contributed by atoms with E-state index in [4.69, 9.17) is 15.2 Å². The van der Waals surface area contributed by atoms with E-state index in [0.29, 0.717) is 6.61 Å². The Morgan fingerprint density at radius 3 is 2.50 bits per heavy atom. The molecule has 2 rings (SSSR count). The summed E-state index contributed by atoms with van der Waals surface area (Å²) in [5.41, 5.74) is 7.69. The molecule has 0 amide bonds. The predicted molar refractivity (Wildman–Crippen MR) is 81.1 cm³/mol. The number of nitrogens with one attached hydrogen (secondary N) is 1. The Morgan fingerprint density at radius 2 is 1.80 bits per heavy atom. The highest BCUT2D eigenvalue weighted by molar-refractivity contribution is 5.40. The van der Waals surface area contributed by atoms with E-state index in [1.54, 1.807) is 7.11 Å². The van der Waals surface area contributed by atoms with Crippen LogP contribution < -0.4 is 20.5 Å². The molecule has 3 N–H and O–H groups in total. The molecule has 0 fully saturated rings. The molecular weight excluding hydrogens is 252 g/mol. The van der Waals surface area contributed by atoms with Crippen LogP contribution in [0.3, 0.4) is 0 Å². The predicted octanol–water partition coefficient (Wildman–Crippen LogP) is 2.45. The summed E-state index contributed by atoms with van der Waals surface area (Å²) < 4.78 is 10.7. The highest BCUT2D eigenvalue weighted by atomic mass is 16.5. The summed E-state index contributed by atoms with van der Waals surface area (Å²) in [6, 6.07) is 15.4. The Morgan fingerprint density at radius 1 is 1.05 bits per heavy atom. The molecule has 0 spiro atoms. The molecule has 20 heavy (non-hydrogen) atoms. The van der Waals surface area contributed by atoms with Gasteiger partial charge in [0.15, 0.2) is 0 Å². The van der Waals surface area contributed by atoms with Gasteiger partial charge in [0.05, 0.1) is 7.11 Å². The number of rotatable bonds is 7. The lowest BCUT2D eigenvalue weighted by atomic mass is 10.2. The minimum atomic E-state index is 0.620. The Bertz CT molecular complexity index is 526. The molecule has 2 aromatic rings. The normalized spacial score (nSPS) is 10.2. The highest BCUT2D eigenvalue weighted by Gasteiger charge is 1.96. The third kappa shape index (κ3) is 4.48. The molecule has 0 atom stereocenters. The van der Waals surface area contributed by atoms with Crippen molar-refractivity contribution in [1.82, 2.24) is 5.32 Å². The van der Waals surface area contributed by atoms with Gasteiger partial charge in [0.2, 0.25) is 0 Å². The zero-order valence-corrected chi connectivity index (χ0v) is 11.6. The molecule has 2 aromatic carbocycles. The first-order valence-electron chi connectivity index (χ1n) is 6.60. The quantitative estimate of drug-likeness (QED) is 0.600. The van der Waals surface area contributed by atoms with Crippen LogP contribution in [0, 0.1) is 0 Å².